The summed E-state index contributed by atoms with van der Waals surface area (Å²) in [5.74, 6) is -0.178. The molecule has 0 radical (unpaired) electrons. The molecule has 17 heavy (non-hydrogen) atoms. The van der Waals surface area contributed by atoms with Crippen molar-refractivity contribution in [2.24, 2.45) is 0 Å². The highest BCUT2D eigenvalue weighted by Gasteiger charge is 2.07. The van der Waals surface area contributed by atoms with E-state index in [1.165, 1.54) is 36.9 Å². The highest BCUT2D eigenvalue weighted by atomic mass is 16.3. The molecule has 0 aliphatic heterocycles. The molecule has 0 fully saturated rings. The minimum atomic E-state index is -0.360. The average molecular weight is 236 g/mol. The number of fused-ring (bicyclic) bond motifs is 1. The third-order valence-electron chi connectivity index (χ3n) is 2.64. The first-order chi connectivity index (χ1) is 8.27. The van der Waals surface area contributed by atoms with Crippen molar-refractivity contribution in [3.63, 3.8) is 0 Å². The number of rotatable bonds is 3. The van der Waals surface area contributed by atoms with E-state index >= 15 is 0 Å². The molecule has 0 atom stereocenters. The Kier molecular flexibility index (Phi) is 6.43. The van der Waals surface area contributed by atoms with Gasteiger partial charge in [0.05, 0.1) is 6.54 Å². The highest BCUT2D eigenvalue weighted by Crippen LogP contribution is 2.17. The van der Waals surface area contributed by atoms with Crippen LogP contribution in [-0.4, -0.2) is 36.1 Å². The van der Waals surface area contributed by atoms with E-state index in [0.717, 1.165) is 0 Å². The van der Waals surface area contributed by atoms with Gasteiger partial charge in [0.2, 0.25) is 0 Å². The number of Topliss-reactive ketones (excluding diaryl/α,β-unsaturated/α-hetero) is 1. The highest BCUT2D eigenvalue weighted by molar-refractivity contribution is 5.81. The lowest BCUT2D eigenvalue weighted by molar-refractivity contribution is -0.120. The van der Waals surface area contributed by atoms with Crippen LogP contribution in [0.3, 0.4) is 0 Å². The van der Waals surface area contributed by atoms with Crippen molar-refractivity contribution in [1.82, 2.24) is 10.3 Å². The maximum absolute atomic E-state index is 10.1. The fourth-order valence-corrected chi connectivity index (χ4v) is 1.78. The zero-order valence-electron chi connectivity index (χ0n) is 10.3. The van der Waals surface area contributed by atoms with Crippen molar-refractivity contribution in [2.75, 3.05) is 20.2 Å². The predicted octanol–water partition coefficient (Wildman–Crippen LogP) is 0.728. The second kappa shape index (κ2) is 7.92. The zero-order valence-corrected chi connectivity index (χ0v) is 10.3. The van der Waals surface area contributed by atoms with Crippen molar-refractivity contribution >= 4 is 5.78 Å². The molecule has 0 saturated heterocycles. The lowest BCUT2D eigenvalue weighted by Crippen LogP contribution is -2.20. The van der Waals surface area contributed by atoms with Crippen LogP contribution in [0.15, 0.2) is 18.3 Å². The molecule has 0 aromatic carbocycles. The largest absolute Gasteiger partial charge is 0.389 e. The molecule has 0 saturated carbocycles. The molecule has 1 aliphatic rings. The van der Waals surface area contributed by atoms with Gasteiger partial charge < -0.3 is 10.4 Å². The summed E-state index contributed by atoms with van der Waals surface area (Å²) in [6.45, 7) is -0.0999. The SMILES string of the molecule is CNCC(=O)CO.c1cnc2c(c1)CCCC2. The molecule has 4 nitrogen and oxygen atoms in total. The first-order valence-electron chi connectivity index (χ1n) is 5.98. The van der Waals surface area contributed by atoms with Crippen LogP contribution >= 0.6 is 0 Å². The molecule has 94 valence electrons. The molecular formula is C13H20N2O2. The summed E-state index contributed by atoms with van der Waals surface area (Å²) in [4.78, 5) is 14.4. The summed E-state index contributed by atoms with van der Waals surface area (Å²) in [7, 11) is 1.66. The van der Waals surface area contributed by atoms with Crippen LogP contribution in [0.4, 0.5) is 0 Å². The van der Waals surface area contributed by atoms with Crippen molar-refractivity contribution in [3.8, 4) is 0 Å². The van der Waals surface area contributed by atoms with Gasteiger partial charge in [-0.1, -0.05) is 6.07 Å². The summed E-state index contributed by atoms with van der Waals surface area (Å²) in [6.07, 6.45) is 6.99. The van der Waals surface area contributed by atoms with E-state index in [2.05, 4.69) is 16.4 Å². The normalized spacial score (nSPS) is 13.3. The minimum absolute atomic E-state index is 0.178. The third-order valence-corrected chi connectivity index (χ3v) is 2.64. The molecule has 0 unspecified atom stereocenters. The van der Waals surface area contributed by atoms with E-state index in [0.29, 0.717) is 0 Å². The van der Waals surface area contributed by atoms with Gasteiger partial charge in [-0.05, 0) is 44.4 Å². The van der Waals surface area contributed by atoms with Crippen molar-refractivity contribution in [3.05, 3.63) is 29.6 Å². The fraction of sp³-hybridized carbons (Fsp3) is 0.538. The van der Waals surface area contributed by atoms with Crippen LogP contribution in [-0.2, 0) is 17.6 Å². The monoisotopic (exact) mass is 236 g/mol. The number of aliphatic hydroxyl groups excluding tert-OH is 1. The van der Waals surface area contributed by atoms with Crippen LogP contribution in [0.25, 0.3) is 0 Å². The van der Waals surface area contributed by atoms with Crippen LogP contribution in [0.5, 0.6) is 0 Å². The summed E-state index contributed by atoms with van der Waals surface area (Å²) in [6, 6.07) is 4.23. The Morgan fingerprint density at radius 1 is 1.47 bits per heavy atom. The molecule has 2 rings (SSSR count). The van der Waals surface area contributed by atoms with E-state index in [1.54, 1.807) is 7.05 Å². The maximum atomic E-state index is 10.1. The summed E-state index contributed by atoms with van der Waals surface area (Å²) in [5, 5.41) is 10.7. The van der Waals surface area contributed by atoms with Gasteiger partial charge in [-0.25, -0.2) is 0 Å². The van der Waals surface area contributed by atoms with Gasteiger partial charge in [0.25, 0.3) is 0 Å². The number of nitrogens with one attached hydrogen (secondary N) is 1. The number of nitrogens with zero attached hydrogens (tertiary/aromatic N) is 1. The molecule has 1 aliphatic carbocycles. The van der Waals surface area contributed by atoms with Crippen LogP contribution in [0.2, 0.25) is 0 Å². The number of aliphatic hydroxyl groups is 1. The minimum Gasteiger partial charge on any atom is -0.389 e. The molecule has 4 heteroatoms. The lowest BCUT2D eigenvalue weighted by Gasteiger charge is -2.12. The Morgan fingerprint density at radius 3 is 2.82 bits per heavy atom. The van der Waals surface area contributed by atoms with E-state index < -0.39 is 0 Å². The summed E-state index contributed by atoms with van der Waals surface area (Å²) in [5.41, 5.74) is 2.79. The fourth-order valence-electron chi connectivity index (χ4n) is 1.78. The number of hydrogen-bond acceptors (Lipinski definition) is 4. The summed E-state index contributed by atoms with van der Waals surface area (Å²) < 4.78 is 0. The molecular weight excluding hydrogens is 216 g/mol. The predicted molar refractivity (Wildman–Crippen MR) is 66.9 cm³/mol. The Bertz CT molecular complexity index is 328. The first-order valence-corrected chi connectivity index (χ1v) is 5.98. The number of carbonyl (C=O) groups is 1. The third kappa shape index (κ3) is 5.06. The number of likely N-dealkylation sites (N-methyl/N-ethyl adjacent to an activating group) is 1. The molecule has 2 N–H and O–H groups in total. The standard InChI is InChI=1S/C9H11N.C4H9NO2/c1-2-6-9-8(4-1)5-3-7-10-9;1-5-2-4(7)3-6/h3,5,7H,1-2,4,6H2;5-6H,2-3H2,1H3. The van der Waals surface area contributed by atoms with Gasteiger partial charge in [0.15, 0.2) is 5.78 Å². The van der Waals surface area contributed by atoms with Crippen LogP contribution < -0.4 is 5.32 Å². The van der Waals surface area contributed by atoms with Crippen molar-refractivity contribution in [1.29, 1.82) is 0 Å². The van der Waals surface area contributed by atoms with Crippen molar-refractivity contribution < 1.29 is 9.90 Å². The van der Waals surface area contributed by atoms with E-state index in [1.807, 2.05) is 12.3 Å². The molecule has 0 bridgehead atoms. The smallest absolute Gasteiger partial charge is 0.171 e. The van der Waals surface area contributed by atoms with Gasteiger partial charge in [-0.15, -0.1) is 0 Å². The Labute approximate surface area is 102 Å². The first kappa shape index (κ1) is 13.8. The maximum Gasteiger partial charge on any atom is 0.171 e. The van der Waals surface area contributed by atoms with E-state index in [4.69, 9.17) is 5.11 Å². The number of aryl methyl sites for hydroxylation is 2. The average Bonchev–Trinajstić information content (AvgIpc) is 2.40. The number of aromatic nitrogens is 1. The zero-order chi connectivity index (χ0) is 12.5. The van der Waals surface area contributed by atoms with Gasteiger partial charge in [-0.3, -0.25) is 9.78 Å². The Balaban J connectivity index is 0.000000185. The molecule has 1 aromatic rings. The topological polar surface area (TPSA) is 62.2 Å². The van der Waals surface area contributed by atoms with Crippen molar-refractivity contribution in [2.45, 2.75) is 25.7 Å². The van der Waals surface area contributed by atoms with Gasteiger partial charge >= 0.3 is 0 Å². The van der Waals surface area contributed by atoms with Crippen LogP contribution in [0.1, 0.15) is 24.1 Å². The number of pyridine rings is 1. The Morgan fingerprint density at radius 2 is 2.24 bits per heavy atom. The molecule has 0 amide bonds. The molecule has 0 spiro atoms. The lowest BCUT2D eigenvalue weighted by atomic mass is 9.96. The van der Waals surface area contributed by atoms with Gasteiger partial charge in [0.1, 0.15) is 6.61 Å². The second-order valence-electron chi connectivity index (χ2n) is 4.04. The van der Waals surface area contributed by atoms with E-state index in [9.17, 15) is 4.79 Å². The van der Waals surface area contributed by atoms with Gasteiger partial charge in [0, 0.05) is 11.9 Å². The number of carbonyl (C=O) groups excluding carboxylic acids is 1. The molecule has 1 heterocycles. The van der Waals surface area contributed by atoms with Gasteiger partial charge in [-0.2, -0.15) is 0 Å². The quantitative estimate of drug-likeness (QED) is 0.812. The Hall–Kier alpha value is -1.26. The number of ketones is 1. The van der Waals surface area contributed by atoms with Crippen LogP contribution in [0, 0.1) is 0 Å². The number of hydrogen-bond donors (Lipinski definition) is 2. The van der Waals surface area contributed by atoms with E-state index in [-0.39, 0.29) is 18.9 Å². The summed E-state index contributed by atoms with van der Waals surface area (Å²) >= 11 is 0. The molecule has 1 aromatic heterocycles. The second-order valence-corrected chi connectivity index (χ2v) is 4.04.